The highest BCUT2D eigenvalue weighted by atomic mass is 16.5. The molecule has 5 nitrogen and oxygen atoms in total. The molecular weight excluding hydrogens is 398 g/mol. The second kappa shape index (κ2) is 11.2. The number of likely N-dealkylation sites (tertiary alicyclic amines) is 1. The summed E-state index contributed by atoms with van der Waals surface area (Å²) in [5, 5.41) is 0. The molecule has 0 atom stereocenters. The van der Waals surface area contributed by atoms with Crippen LogP contribution in [0.15, 0.2) is 60.7 Å². The number of benzene rings is 2. The van der Waals surface area contributed by atoms with Crippen LogP contribution in [0, 0.1) is 0 Å². The van der Waals surface area contributed by atoms with Crippen molar-refractivity contribution in [1.29, 1.82) is 0 Å². The molecule has 2 heterocycles. The number of carbonyl (C=O) groups is 1. The first-order valence-electron chi connectivity index (χ1n) is 11.9. The predicted molar refractivity (Wildman–Crippen MR) is 131 cm³/mol. The Morgan fingerprint density at radius 2 is 1.50 bits per heavy atom. The number of piperazine rings is 1. The van der Waals surface area contributed by atoms with Crippen molar-refractivity contribution in [3.05, 3.63) is 66.2 Å². The summed E-state index contributed by atoms with van der Waals surface area (Å²) < 4.78 is 5.55. The average molecular weight is 434 g/mol. The Morgan fingerprint density at radius 1 is 0.844 bits per heavy atom. The van der Waals surface area contributed by atoms with Gasteiger partial charge in [0.25, 0.3) is 0 Å². The van der Waals surface area contributed by atoms with Crippen LogP contribution in [0.4, 0.5) is 5.69 Å². The van der Waals surface area contributed by atoms with Crippen molar-refractivity contribution in [1.82, 2.24) is 9.80 Å². The lowest BCUT2D eigenvalue weighted by molar-refractivity contribution is -0.125. The lowest BCUT2D eigenvalue weighted by atomic mass is 10.0. The van der Waals surface area contributed by atoms with Crippen LogP contribution in [-0.4, -0.2) is 68.6 Å². The number of ether oxygens (including phenoxy) is 1. The average Bonchev–Trinajstić information content (AvgIpc) is 3.14. The Bertz CT molecular complexity index is 896. The number of hydrogen-bond acceptors (Lipinski definition) is 4. The molecule has 4 rings (SSSR count). The largest absolute Gasteiger partial charge is 0.495 e. The highest BCUT2D eigenvalue weighted by molar-refractivity contribution is 5.95. The molecule has 2 aliphatic heterocycles. The minimum absolute atomic E-state index is 0.165. The Hall–Kier alpha value is -2.79. The van der Waals surface area contributed by atoms with Crippen LogP contribution in [0.25, 0.3) is 5.57 Å². The Morgan fingerprint density at radius 3 is 2.19 bits per heavy atom. The summed E-state index contributed by atoms with van der Waals surface area (Å²) in [5.41, 5.74) is 3.42. The van der Waals surface area contributed by atoms with E-state index in [0.29, 0.717) is 0 Å². The van der Waals surface area contributed by atoms with Gasteiger partial charge in [0.05, 0.1) is 12.8 Å². The first kappa shape index (κ1) is 22.4. The molecule has 1 amide bonds. The van der Waals surface area contributed by atoms with E-state index in [2.05, 4.69) is 46.2 Å². The molecule has 32 heavy (non-hydrogen) atoms. The van der Waals surface area contributed by atoms with Crippen LogP contribution in [-0.2, 0) is 4.79 Å². The van der Waals surface area contributed by atoms with E-state index in [1.54, 1.807) is 7.11 Å². The van der Waals surface area contributed by atoms with Crippen molar-refractivity contribution in [3.8, 4) is 5.75 Å². The number of nitrogens with zero attached hydrogens (tertiary/aromatic N) is 3. The molecule has 2 aliphatic rings. The molecule has 0 aliphatic carbocycles. The van der Waals surface area contributed by atoms with E-state index < -0.39 is 0 Å². The topological polar surface area (TPSA) is 36.0 Å². The first-order valence-corrected chi connectivity index (χ1v) is 11.9. The first-order chi connectivity index (χ1) is 15.7. The van der Waals surface area contributed by atoms with Crippen LogP contribution < -0.4 is 9.64 Å². The molecule has 170 valence electrons. The maximum atomic E-state index is 13.1. The molecule has 2 fully saturated rings. The number of amides is 1. The maximum absolute atomic E-state index is 13.1. The molecule has 2 saturated heterocycles. The molecule has 0 aromatic heterocycles. The van der Waals surface area contributed by atoms with Crippen LogP contribution in [0.1, 0.15) is 31.2 Å². The zero-order valence-electron chi connectivity index (χ0n) is 19.2. The van der Waals surface area contributed by atoms with Crippen LogP contribution >= 0.6 is 0 Å². The van der Waals surface area contributed by atoms with E-state index in [9.17, 15) is 4.79 Å². The van der Waals surface area contributed by atoms with Gasteiger partial charge in [-0.3, -0.25) is 9.69 Å². The van der Waals surface area contributed by atoms with Gasteiger partial charge in [-0.1, -0.05) is 55.3 Å². The lowest BCUT2D eigenvalue weighted by Crippen LogP contribution is -2.47. The fourth-order valence-electron chi connectivity index (χ4n) is 4.68. The Balaban J connectivity index is 1.44. The van der Waals surface area contributed by atoms with E-state index in [1.807, 2.05) is 29.2 Å². The number of anilines is 1. The van der Waals surface area contributed by atoms with Crippen LogP contribution in [0.5, 0.6) is 5.75 Å². The van der Waals surface area contributed by atoms with E-state index in [4.69, 9.17) is 4.74 Å². The van der Waals surface area contributed by atoms with Gasteiger partial charge in [0.1, 0.15) is 5.75 Å². The van der Waals surface area contributed by atoms with Gasteiger partial charge in [-0.2, -0.15) is 0 Å². The van der Waals surface area contributed by atoms with Gasteiger partial charge in [0.15, 0.2) is 0 Å². The number of methoxy groups -OCH3 is 1. The highest BCUT2D eigenvalue weighted by Crippen LogP contribution is 2.28. The SMILES string of the molecule is COc1ccccc1N1CCN(CC(=CC(=O)N2CCCCCC2)c2ccccc2)CC1. The zero-order chi connectivity index (χ0) is 22.2. The third-order valence-corrected chi connectivity index (χ3v) is 6.55. The summed E-state index contributed by atoms with van der Waals surface area (Å²) >= 11 is 0. The van der Waals surface area contributed by atoms with Gasteiger partial charge in [-0.05, 0) is 36.1 Å². The molecule has 5 heteroatoms. The summed E-state index contributed by atoms with van der Waals surface area (Å²) in [4.78, 5) is 20.0. The molecule has 0 unspecified atom stereocenters. The standard InChI is InChI=1S/C27H35N3O2/c1-32-26-14-8-7-13-25(26)29-19-17-28(18-20-29)22-24(23-11-5-4-6-12-23)21-27(31)30-15-9-2-3-10-16-30/h4-8,11-14,21H,2-3,9-10,15-20,22H2,1H3. The number of para-hydroxylation sites is 2. The normalized spacial score (nSPS) is 18.3. The number of rotatable bonds is 6. The van der Waals surface area contributed by atoms with Gasteiger partial charge in [0, 0.05) is 51.9 Å². The summed E-state index contributed by atoms with van der Waals surface area (Å²) in [5.74, 6) is 1.09. The van der Waals surface area contributed by atoms with Crippen molar-refractivity contribution < 1.29 is 9.53 Å². The van der Waals surface area contributed by atoms with E-state index >= 15 is 0 Å². The summed E-state index contributed by atoms with van der Waals surface area (Å²) in [7, 11) is 1.73. The Kier molecular flexibility index (Phi) is 7.83. The highest BCUT2D eigenvalue weighted by Gasteiger charge is 2.21. The van der Waals surface area contributed by atoms with E-state index in [-0.39, 0.29) is 5.91 Å². The zero-order valence-corrected chi connectivity index (χ0v) is 19.2. The van der Waals surface area contributed by atoms with E-state index in [0.717, 1.165) is 81.2 Å². The van der Waals surface area contributed by atoms with Crippen molar-refractivity contribution in [2.45, 2.75) is 25.7 Å². The molecule has 2 aromatic carbocycles. The summed E-state index contributed by atoms with van der Waals surface area (Å²) in [6, 6.07) is 18.6. The second-order valence-corrected chi connectivity index (χ2v) is 8.71. The molecule has 0 spiro atoms. The third kappa shape index (κ3) is 5.71. The smallest absolute Gasteiger partial charge is 0.246 e. The molecular formula is C27H35N3O2. The lowest BCUT2D eigenvalue weighted by Gasteiger charge is -2.37. The van der Waals surface area contributed by atoms with Crippen molar-refractivity contribution in [3.63, 3.8) is 0 Å². The molecule has 0 bridgehead atoms. The number of carbonyl (C=O) groups excluding carboxylic acids is 1. The van der Waals surface area contributed by atoms with Crippen molar-refractivity contribution >= 4 is 17.2 Å². The fraction of sp³-hybridized carbons (Fsp3) is 0.444. The van der Waals surface area contributed by atoms with Gasteiger partial charge in [-0.25, -0.2) is 0 Å². The van der Waals surface area contributed by atoms with Crippen molar-refractivity contribution in [2.75, 3.05) is 57.8 Å². The minimum Gasteiger partial charge on any atom is -0.495 e. The predicted octanol–water partition coefficient (Wildman–Crippen LogP) is 4.30. The van der Waals surface area contributed by atoms with Gasteiger partial charge >= 0.3 is 0 Å². The molecule has 0 N–H and O–H groups in total. The quantitative estimate of drug-likeness (QED) is 0.637. The van der Waals surface area contributed by atoms with E-state index in [1.165, 1.54) is 12.8 Å². The summed E-state index contributed by atoms with van der Waals surface area (Å²) in [6.07, 6.45) is 6.59. The Labute approximate surface area is 192 Å². The summed E-state index contributed by atoms with van der Waals surface area (Å²) in [6.45, 7) is 6.37. The van der Waals surface area contributed by atoms with Crippen LogP contribution in [0.2, 0.25) is 0 Å². The van der Waals surface area contributed by atoms with Gasteiger partial charge in [-0.15, -0.1) is 0 Å². The molecule has 0 radical (unpaired) electrons. The maximum Gasteiger partial charge on any atom is 0.246 e. The van der Waals surface area contributed by atoms with Gasteiger partial charge in [0.2, 0.25) is 5.91 Å². The third-order valence-electron chi connectivity index (χ3n) is 6.55. The van der Waals surface area contributed by atoms with Gasteiger partial charge < -0.3 is 14.5 Å². The van der Waals surface area contributed by atoms with Crippen molar-refractivity contribution in [2.24, 2.45) is 0 Å². The van der Waals surface area contributed by atoms with Crippen LogP contribution in [0.3, 0.4) is 0 Å². The monoisotopic (exact) mass is 433 g/mol. The number of hydrogen-bond donors (Lipinski definition) is 0. The fourth-order valence-corrected chi connectivity index (χ4v) is 4.68. The molecule has 2 aromatic rings. The molecule has 0 saturated carbocycles. The minimum atomic E-state index is 0.165. The second-order valence-electron chi connectivity index (χ2n) is 8.71.